The van der Waals surface area contributed by atoms with Crippen molar-refractivity contribution in [3.63, 3.8) is 0 Å². The number of alkyl halides is 3. The number of halogens is 4. The van der Waals surface area contributed by atoms with Crippen LogP contribution in [0.5, 0.6) is 0 Å². The highest BCUT2D eigenvalue weighted by atomic mass is 19.4. The third-order valence-electron chi connectivity index (χ3n) is 4.20. The number of aliphatic hydroxyl groups excluding tert-OH is 1. The number of hydrogen-bond acceptors (Lipinski definition) is 3. The van der Waals surface area contributed by atoms with E-state index in [0.717, 1.165) is 12.1 Å². The monoisotopic (exact) mass is 378 g/mol. The number of nitrogens with zero attached hydrogens (tertiary/aromatic N) is 1. The standard InChI is InChI=1S/C17H22F4N2O3/c1-11(9-22-10-24)14(7-8-15(25)17(19,20)21)23(2)16(26)12-3-5-13(18)6-4-12/h3-6,10-11,14-15,25H,7-9H2,1-2H3,(H,22,24). The number of amides is 2. The van der Waals surface area contributed by atoms with Gasteiger partial charge in [-0.2, -0.15) is 13.2 Å². The molecule has 0 aliphatic rings. The van der Waals surface area contributed by atoms with Crippen molar-refractivity contribution in [2.45, 2.75) is 38.1 Å². The van der Waals surface area contributed by atoms with Crippen LogP contribution in [0.25, 0.3) is 0 Å². The first-order chi connectivity index (χ1) is 12.1. The molecule has 3 unspecified atom stereocenters. The van der Waals surface area contributed by atoms with Gasteiger partial charge in [-0.3, -0.25) is 9.59 Å². The van der Waals surface area contributed by atoms with E-state index in [2.05, 4.69) is 5.32 Å². The molecule has 0 heterocycles. The first kappa shape index (κ1) is 21.9. The molecule has 26 heavy (non-hydrogen) atoms. The van der Waals surface area contributed by atoms with Gasteiger partial charge in [0.15, 0.2) is 0 Å². The highest BCUT2D eigenvalue weighted by molar-refractivity contribution is 5.94. The molecule has 0 fully saturated rings. The molecule has 146 valence electrons. The lowest BCUT2D eigenvalue weighted by atomic mass is 9.93. The Hall–Kier alpha value is -2.16. The van der Waals surface area contributed by atoms with E-state index in [1.807, 2.05) is 0 Å². The molecule has 0 radical (unpaired) electrons. The van der Waals surface area contributed by atoms with E-state index in [0.29, 0.717) is 6.41 Å². The van der Waals surface area contributed by atoms with Gasteiger partial charge in [0.25, 0.3) is 5.91 Å². The number of aliphatic hydroxyl groups is 1. The summed E-state index contributed by atoms with van der Waals surface area (Å²) in [6.45, 7) is 1.83. The van der Waals surface area contributed by atoms with Gasteiger partial charge in [-0.25, -0.2) is 4.39 Å². The van der Waals surface area contributed by atoms with E-state index in [9.17, 15) is 32.3 Å². The van der Waals surface area contributed by atoms with E-state index in [1.54, 1.807) is 6.92 Å². The lowest BCUT2D eigenvalue weighted by molar-refractivity contribution is -0.206. The fraction of sp³-hybridized carbons (Fsp3) is 0.529. The minimum Gasteiger partial charge on any atom is -0.384 e. The van der Waals surface area contributed by atoms with Crippen molar-refractivity contribution < 1.29 is 32.3 Å². The Kier molecular flexibility index (Phi) is 8.01. The van der Waals surface area contributed by atoms with Crippen molar-refractivity contribution in [1.29, 1.82) is 0 Å². The Labute approximate surface area is 149 Å². The third kappa shape index (κ3) is 6.29. The summed E-state index contributed by atoms with van der Waals surface area (Å²) < 4.78 is 50.6. The van der Waals surface area contributed by atoms with Gasteiger partial charge in [0.2, 0.25) is 6.41 Å². The molecule has 0 aliphatic heterocycles. The zero-order chi connectivity index (χ0) is 19.9. The van der Waals surface area contributed by atoms with Gasteiger partial charge in [0.1, 0.15) is 11.9 Å². The maximum atomic E-state index is 13.0. The molecule has 2 N–H and O–H groups in total. The van der Waals surface area contributed by atoms with Crippen molar-refractivity contribution >= 4 is 12.3 Å². The van der Waals surface area contributed by atoms with Gasteiger partial charge in [-0.15, -0.1) is 0 Å². The van der Waals surface area contributed by atoms with Crippen LogP contribution in [0.2, 0.25) is 0 Å². The highest BCUT2D eigenvalue weighted by Gasteiger charge is 2.39. The second-order valence-corrected chi connectivity index (χ2v) is 6.13. The van der Waals surface area contributed by atoms with Gasteiger partial charge >= 0.3 is 6.18 Å². The summed E-state index contributed by atoms with van der Waals surface area (Å²) in [5, 5.41) is 11.7. The van der Waals surface area contributed by atoms with E-state index >= 15 is 0 Å². The molecule has 0 aromatic heterocycles. The Morgan fingerprint density at radius 3 is 2.35 bits per heavy atom. The molecular formula is C17H22F4N2O3. The summed E-state index contributed by atoms with van der Waals surface area (Å²) in [4.78, 5) is 24.3. The predicted octanol–water partition coefficient (Wildman–Crippen LogP) is 2.35. The third-order valence-corrected chi connectivity index (χ3v) is 4.20. The quantitative estimate of drug-likeness (QED) is 0.512. The van der Waals surface area contributed by atoms with Crippen LogP contribution in [0.1, 0.15) is 30.1 Å². The smallest absolute Gasteiger partial charge is 0.384 e. The number of hydrogen-bond donors (Lipinski definition) is 2. The number of rotatable bonds is 9. The lowest BCUT2D eigenvalue weighted by Crippen LogP contribution is -2.45. The zero-order valence-electron chi connectivity index (χ0n) is 14.5. The van der Waals surface area contributed by atoms with Gasteiger partial charge in [0, 0.05) is 25.2 Å². The molecule has 0 saturated carbocycles. The van der Waals surface area contributed by atoms with Gasteiger partial charge in [-0.05, 0) is 43.0 Å². The normalized spacial score (nSPS) is 15.0. The van der Waals surface area contributed by atoms with E-state index in [4.69, 9.17) is 0 Å². The van der Waals surface area contributed by atoms with Crippen LogP contribution in [0.3, 0.4) is 0 Å². The summed E-state index contributed by atoms with van der Waals surface area (Å²) in [6, 6.07) is 4.12. The number of carbonyl (C=O) groups excluding carboxylic acids is 2. The second kappa shape index (κ2) is 9.51. The second-order valence-electron chi connectivity index (χ2n) is 6.13. The minimum absolute atomic E-state index is 0.119. The predicted molar refractivity (Wildman–Crippen MR) is 86.8 cm³/mol. The molecule has 0 aliphatic carbocycles. The minimum atomic E-state index is -4.74. The zero-order valence-corrected chi connectivity index (χ0v) is 14.5. The maximum absolute atomic E-state index is 13.0. The van der Waals surface area contributed by atoms with Crippen LogP contribution >= 0.6 is 0 Å². The van der Waals surface area contributed by atoms with Crippen molar-refractivity contribution in [2.75, 3.05) is 13.6 Å². The van der Waals surface area contributed by atoms with Crippen LogP contribution in [-0.4, -0.2) is 54.2 Å². The summed E-state index contributed by atoms with van der Waals surface area (Å²) in [5.74, 6) is -1.37. The number of nitrogens with one attached hydrogen (secondary N) is 1. The Morgan fingerprint density at radius 1 is 1.27 bits per heavy atom. The van der Waals surface area contributed by atoms with Crippen LogP contribution in [0, 0.1) is 11.7 Å². The Morgan fingerprint density at radius 2 is 1.85 bits per heavy atom. The Bertz CT molecular complexity index is 593. The summed E-state index contributed by atoms with van der Waals surface area (Å²) in [6.07, 6.45) is -7.48. The largest absolute Gasteiger partial charge is 0.414 e. The van der Waals surface area contributed by atoms with Crippen molar-refractivity contribution in [1.82, 2.24) is 10.2 Å². The molecular weight excluding hydrogens is 356 g/mol. The average Bonchev–Trinajstić information content (AvgIpc) is 2.58. The SMILES string of the molecule is CC(CNC=O)C(CCC(O)C(F)(F)F)N(C)C(=O)c1ccc(F)cc1. The van der Waals surface area contributed by atoms with Crippen LogP contribution in [0.15, 0.2) is 24.3 Å². The number of benzene rings is 1. The Balaban J connectivity index is 2.92. The van der Waals surface area contributed by atoms with Crippen LogP contribution in [0.4, 0.5) is 17.6 Å². The maximum Gasteiger partial charge on any atom is 0.414 e. The van der Waals surface area contributed by atoms with Crippen molar-refractivity contribution in [3.8, 4) is 0 Å². The van der Waals surface area contributed by atoms with E-state index < -0.39 is 36.5 Å². The number of carbonyl (C=O) groups is 2. The molecule has 5 nitrogen and oxygen atoms in total. The summed E-state index contributed by atoms with van der Waals surface area (Å²) in [7, 11) is 1.42. The fourth-order valence-corrected chi connectivity index (χ4v) is 2.67. The highest BCUT2D eigenvalue weighted by Crippen LogP contribution is 2.26. The van der Waals surface area contributed by atoms with E-state index in [-0.39, 0.29) is 24.4 Å². The molecule has 3 atom stereocenters. The summed E-state index contributed by atoms with van der Waals surface area (Å²) in [5.41, 5.74) is 0.186. The van der Waals surface area contributed by atoms with Gasteiger partial charge < -0.3 is 15.3 Å². The lowest BCUT2D eigenvalue weighted by Gasteiger charge is -2.34. The molecule has 1 aromatic rings. The fourth-order valence-electron chi connectivity index (χ4n) is 2.67. The molecule has 0 saturated heterocycles. The summed E-state index contributed by atoms with van der Waals surface area (Å²) >= 11 is 0. The molecule has 0 spiro atoms. The van der Waals surface area contributed by atoms with Crippen molar-refractivity contribution in [2.24, 2.45) is 5.92 Å². The molecule has 2 amide bonds. The molecule has 1 aromatic carbocycles. The van der Waals surface area contributed by atoms with Crippen molar-refractivity contribution in [3.05, 3.63) is 35.6 Å². The first-order valence-electron chi connectivity index (χ1n) is 8.02. The van der Waals surface area contributed by atoms with Crippen LogP contribution < -0.4 is 5.32 Å². The molecule has 9 heteroatoms. The molecule has 0 bridgehead atoms. The van der Waals surface area contributed by atoms with Gasteiger partial charge in [-0.1, -0.05) is 6.92 Å². The van der Waals surface area contributed by atoms with E-state index in [1.165, 1.54) is 24.1 Å². The first-order valence-corrected chi connectivity index (χ1v) is 8.02. The molecule has 1 rings (SSSR count). The topological polar surface area (TPSA) is 69.6 Å². The average molecular weight is 378 g/mol. The van der Waals surface area contributed by atoms with Gasteiger partial charge in [0.05, 0.1) is 0 Å². The van der Waals surface area contributed by atoms with Crippen LogP contribution in [-0.2, 0) is 4.79 Å².